The molecule has 1 aliphatic heterocycles. The van der Waals surface area contributed by atoms with Gasteiger partial charge in [-0.2, -0.15) is 13.2 Å². The Balaban J connectivity index is 0.00000420. The highest BCUT2D eigenvalue weighted by atomic mass is 127. The topological polar surface area (TPSA) is 48.9 Å². The molecule has 0 saturated carbocycles. The first-order valence-electron chi connectivity index (χ1n) is 9.66. The van der Waals surface area contributed by atoms with Crippen LogP contribution in [0.2, 0.25) is 0 Å². The average Bonchev–Trinajstić information content (AvgIpc) is 2.97. The van der Waals surface area contributed by atoms with Crippen molar-refractivity contribution in [3.8, 4) is 5.75 Å². The molecule has 2 N–H and O–H groups in total. The van der Waals surface area contributed by atoms with Crippen LogP contribution in [0.15, 0.2) is 29.3 Å². The van der Waals surface area contributed by atoms with Gasteiger partial charge in [0.25, 0.3) is 0 Å². The van der Waals surface area contributed by atoms with Gasteiger partial charge in [0.2, 0.25) is 0 Å². The number of halogens is 4. The molecule has 166 valence electrons. The van der Waals surface area contributed by atoms with Crippen molar-refractivity contribution in [3.05, 3.63) is 29.8 Å². The van der Waals surface area contributed by atoms with Gasteiger partial charge in [0.1, 0.15) is 11.4 Å². The first-order valence-corrected chi connectivity index (χ1v) is 9.66. The lowest BCUT2D eigenvalue weighted by atomic mass is 10.1. The number of hydrogen-bond donors (Lipinski definition) is 2. The zero-order valence-corrected chi connectivity index (χ0v) is 19.8. The molecule has 1 heterocycles. The van der Waals surface area contributed by atoms with Crippen LogP contribution in [0.25, 0.3) is 0 Å². The van der Waals surface area contributed by atoms with Crippen LogP contribution < -0.4 is 15.4 Å². The summed E-state index contributed by atoms with van der Waals surface area (Å²) in [6.45, 7) is 8.94. The lowest BCUT2D eigenvalue weighted by molar-refractivity contribution is -0.143. The number of benzene rings is 1. The smallest absolute Gasteiger partial charge is 0.401 e. The molecule has 1 saturated heterocycles. The molecule has 1 aromatic rings. The maximum atomic E-state index is 12.6. The first kappa shape index (κ1) is 25.8. The third-order valence-electron chi connectivity index (χ3n) is 4.16. The summed E-state index contributed by atoms with van der Waals surface area (Å²) in [5.74, 6) is 1.39. The SMILES string of the molecule is CCNC(=NCc1ccccc1OC(C)(C)C)NC1CCN(CC(F)(F)F)C1.I. The molecule has 0 radical (unpaired) electrons. The minimum absolute atomic E-state index is 0. The monoisotopic (exact) mass is 528 g/mol. The van der Waals surface area contributed by atoms with Crippen LogP contribution in [-0.4, -0.2) is 54.9 Å². The minimum Gasteiger partial charge on any atom is -0.488 e. The van der Waals surface area contributed by atoms with Gasteiger partial charge in [0.05, 0.1) is 13.1 Å². The molecule has 0 spiro atoms. The van der Waals surface area contributed by atoms with Gasteiger partial charge in [-0.1, -0.05) is 18.2 Å². The van der Waals surface area contributed by atoms with Gasteiger partial charge in [-0.15, -0.1) is 24.0 Å². The number of alkyl halides is 3. The lowest BCUT2D eigenvalue weighted by Gasteiger charge is -2.23. The van der Waals surface area contributed by atoms with Crippen molar-refractivity contribution in [1.29, 1.82) is 0 Å². The molecule has 1 fully saturated rings. The summed E-state index contributed by atoms with van der Waals surface area (Å²) in [7, 11) is 0. The summed E-state index contributed by atoms with van der Waals surface area (Å²) in [4.78, 5) is 6.04. The number of guanidine groups is 1. The fourth-order valence-corrected chi connectivity index (χ4v) is 3.09. The van der Waals surface area contributed by atoms with Crippen molar-refractivity contribution in [2.75, 3.05) is 26.2 Å². The number of nitrogens with zero attached hydrogens (tertiary/aromatic N) is 2. The van der Waals surface area contributed by atoms with E-state index >= 15 is 0 Å². The number of rotatable bonds is 6. The first-order chi connectivity index (χ1) is 13.1. The molecule has 0 bridgehead atoms. The third kappa shape index (κ3) is 9.88. The Morgan fingerprint density at radius 1 is 1.24 bits per heavy atom. The molecule has 0 aliphatic carbocycles. The maximum absolute atomic E-state index is 12.6. The fourth-order valence-electron chi connectivity index (χ4n) is 3.09. The van der Waals surface area contributed by atoms with Gasteiger partial charge in [-0.25, -0.2) is 4.99 Å². The van der Waals surface area contributed by atoms with Gasteiger partial charge < -0.3 is 15.4 Å². The van der Waals surface area contributed by atoms with E-state index in [4.69, 9.17) is 4.74 Å². The zero-order chi connectivity index (χ0) is 20.8. The van der Waals surface area contributed by atoms with E-state index < -0.39 is 12.7 Å². The van der Waals surface area contributed by atoms with Crippen LogP contribution in [0.1, 0.15) is 39.7 Å². The van der Waals surface area contributed by atoms with Gasteiger partial charge in [-0.3, -0.25) is 4.90 Å². The average molecular weight is 528 g/mol. The number of ether oxygens (including phenoxy) is 1. The Hall–Kier alpha value is -1.23. The van der Waals surface area contributed by atoms with E-state index in [0.29, 0.717) is 38.6 Å². The van der Waals surface area contributed by atoms with Gasteiger partial charge in [-0.05, 0) is 40.2 Å². The Morgan fingerprint density at radius 2 is 1.93 bits per heavy atom. The third-order valence-corrected chi connectivity index (χ3v) is 4.16. The van der Waals surface area contributed by atoms with Crippen molar-refractivity contribution >= 4 is 29.9 Å². The van der Waals surface area contributed by atoms with Crippen LogP contribution in [0, 0.1) is 0 Å². The lowest BCUT2D eigenvalue weighted by Crippen LogP contribution is -2.45. The van der Waals surface area contributed by atoms with Crippen LogP contribution in [0.4, 0.5) is 13.2 Å². The molecular weight excluding hydrogens is 496 g/mol. The Kier molecular flexibility index (Phi) is 10.0. The number of nitrogens with one attached hydrogen (secondary N) is 2. The summed E-state index contributed by atoms with van der Waals surface area (Å²) >= 11 is 0. The van der Waals surface area contributed by atoms with Gasteiger partial charge in [0, 0.05) is 31.2 Å². The van der Waals surface area contributed by atoms with Crippen LogP contribution in [-0.2, 0) is 6.54 Å². The number of para-hydroxylation sites is 1. The zero-order valence-electron chi connectivity index (χ0n) is 17.5. The van der Waals surface area contributed by atoms with Crippen molar-refractivity contribution in [2.24, 2.45) is 4.99 Å². The highest BCUT2D eigenvalue weighted by Crippen LogP contribution is 2.24. The van der Waals surface area contributed by atoms with E-state index in [1.54, 1.807) is 0 Å². The molecule has 0 amide bonds. The van der Waals surface area contributed by atoms with E-state index in [-0.39, 0.29) is 35.6 Å². The Labute approximate surface area is 188 Å². The summed E-state index contributed by atoms with van der Waals surface area (Å²) in [6, 6.07) is 7.69. The summed E-state index contributed by atoms with van der Waals surface area (Å²) in [5.41, 5.74) is 0.647. The van der Waals surface area contributed by atoms with E-state index in [1.165, 1.54) is 4.90 Å². The number of likely N-dealkylation sites (tertiary alicyclic amines) is 1. The Bertz CT molecular complexity index is 662. The molecule has 1 aliphatic rings. The predicted molar refractivity (Wildman–Crippen MR) is 121 cm³/mol. The molecule has 5 nitrogen and oxygen atoms in total. The summed E-state index contributed by atoms with van der Waals surface area (Å²) in [6.07, 6.45) is -3.51. The molecule has 29 heavy (non-hydrogen) atoms. The number of hydrogen-bond acceptors (Lipinski definition) is 3. The Morgan fingerprint density at radius 3 is 2.55 bits per heavy atom. The molecule has 1 aromatic carbocycles. The van der Waals surface area contributed by atoms with E-state index in [2.05, 4.69) is 15.6 Å². The van der Waals surface area contributed by atoms with Gasteiger partial charge in [0.15, 0.2) is 5.96 Å². The molecule has 0 aromatic heterocycles. The standard InChI is InChI=1S/C20H31F3N4O.HI/c1-5-24-18(26-16-10-11-27(13-16)14-20(21,22)23)25-12-15-8-6-7-9-17(15)28-19(2,3)4;/h6-9,16H,5,10-14H2,1-4H3,(H2,24,25,26);1H. The van der Waals surface area contributed by atoms with Crippen molar-refractivity contribution < 1.29 is 17.9 Å². The fraction of sp³-hybridized carbons (Fsp3) is 0.650. The second-order valence-electron chi connectivity index (χ2n) is 8.00. The molecular formula is C20H32F3IN4O. The normalized spacial score (nSPS) is 18.3. The minimum atomic E-state index is -4.16. The second kappa shape index (κ2) is 11.2. The largest absolute Gasteiger partial charge is 0.488 e. The molecule has 2 rings (SSSR count). The highest BCUT2D eigenvalue weighted by Gasteiger charge is 2.34. The second-order valence-corrected chi connectivity index (χ2v) is 8.00. The van der Waals surface area contributed by atoms with Crippen LogP contribution in [0.5, 0.6) is 5.75 Å². The van der Waals surface area contributed by atoms with E-state index in [1.807, 2.05) is 52.0 Å². The summed E-state index contributed by atoms with van der Waals surface area (Å²) in [5, 5.41) is 6.43. The molecule has 1 atom stereocenters. The number of aliphatic imine (C=N–C) groups is 1. The predicted octanol–water partition coefficient (Wildman–Crippen LogP) is 4.17. The van der Waals surface area contributed by atoms with E-state index in [9.17, 15) is 13.2 Å². The maximum Gasteiger partial charge on any atom is 0.401 e. The van der Waals surface area contributed by atoms with Crippen LogP contribution in [0.3, 0.4) is 0 Å². The van der Waals surface area contributed by atoms with Crippen molar-refractivity contribution in [2.45, 2.75) is 58.5 Å². The van der Waals surface area contributed by atoms with Crippen molar-refractivity contribution in [3.63, 3.8) is 0 Å². The molecule has 9 heteroatoms. The van der Waals surface area contributed by atoms with Crippen molar-refractivity contribution in [1.82, 2.24) is 15.5 Å². The highest BCUT2D eigenvalue weighted by molar-refractivity contribution is 14.0. The quantitative estimate of drug-likeness (QED) is 0.331. The van der Waals surface area contributed by atoms with Gasteiger partial charge >= 0.3 is 6.18 Å². The van der Waals surface area contributed by atoms with E-state index in [0.717, 1.165) is 11.3 Å². The van der Waals surface area contributed by atoms with Crippen LogP contribution >= 0.6 is 24.0 Å². The summed E-state index contributed by atoms with van der Waals surface area (Å²) < 4.78 is 43.7. The molecule has 1 unspecified atom stereocenters.